The maximum absolute atomic E-state index is 11.5. The molecule has 0 spiro atoms. The van der Waals surface area contributed by atoms with Gasteiger partial charge in [0, 0.05) is 12.2 Å². The highest BCUT2D eigenvalue weighted by Gasteiger charge is 2.23. The quantitative estimate of drug-likeness (QED) is 0.728. The van der Waals surface area contributed by atoms with E-state index in [-0.39, 0.29) is 17.1 Å². The number of nitrogens with zero attached hydrogens (tertiary/aromatic N) is 2. The van der Waals surface area contributed by atoms with Gasteiger partial charge >= 0.3 is 0 Å². The van der Waals surface area contributed by atoms with Crippen molar-refractivity contribution in [2.24, 2.45) is 0 Å². The van der Waals surface area contributed by atoms with Gasteiger partial charge in [-0.1, -0.05) is 15.9 Å². The molecule has 2 rings (SSSR count). The zero-order valence-corrected chi connectivity index (χ0v) is 11.9. The number of hydrogen-bond acceptors (Lipinski definition) is 4. The summed E-state index contributed by atoms with van der Waals surface area (Å²) in [6, 6.07) is 0.305. The van der Waals surface area contributed by atoms with Crippen LogP contribution in [-0.4, -0.2) is 34.8 Å². The predicted molar refractivity (Wildman–Crippen MR) is 69.7 cm³/mol. The van der Waals surface area contributed by atoms with Crippen LogP contribution in [0.1, 0.15) is 12.8 Å². The van der Waals surface area contributed by atoms with Crippen LogP contribution in [0.5, 0.6) is 0 Å². The average molecular weight is 337 g/mol. The van der Waals surface area contributed by atoms with E-state index < -0.39 is 10.0 Å². The highest BCUT2D eigenvalue weighted by atomic mass is 79.9. The number of alkyl halides is 1. The molecule has 0 saturated heterocycles. The minimum atomic E-state index is -3.38. The lowest BCUT2D eigenvalue weighted by Crippen LogP contribution is -2.29. The Labute approximate surface area is 113 Å². The normalized spacial score (nSPS) is 15.4. The van der Waals surface area contributed by atoms with Crippen LogP contribution in [0.2, 0.25) is 0 Å². The lowest BCUT2D eigenvalue weighted by Gasteiger charge is -2.03. The molecule has 9 heteroatoms. The molecule has 7 nitrogen and oxygen atoms in total. The molecule has 0 atom stereocenters. The van der Waals surface area contributed by atoms with E-state index in [2.05, 4.69) is 31.1 Å². The van der Waals surface area contributed by atoms with E-state index in [1.165, 1.54) is 17.1 Å². The summed E-state index contributed by atoms with van der Waals surface area (Å²) >= 11 is 2.87. The molecule has 2 N–H and O–H groups in total. The second-order valence-electron chi connectivity index (χ2n) is 4.09. The van der Waals surface area contributed by atoms with Crippen molar-refractivity contribution in [2.45, 2.75) is 25.4 Å². The van der Waals surface area contributed by atoms with Crippen LogP contribution >= 0.6 is 15.9 Å². The molecule has 0 bridgehead atoms. The molecule has 0 aliphatic heterocycles. The number of aromatic nitrogens is 2. The zero-order valence-electron chi connectivity index (χ0n) is 9.47. The summed E-state index contributed by atoms with van der Waals surface area (Å²) < 4.78 is 26.1. The first-order valence-corrected chi connectivity index (χ1v) is 8.14. The molecular formula is C9H13BrN4O3S. The molecule has 18 heavy (non-hydrogen) atoms. The third kappa shape index (κ3) is 3.98. The van der Waals surface area contributed by atoms with Gasteiger partial charge in [-0.15, -0.1) is 0 Å². The Morgan fingerprint density at radius 1 is 1.56 bits per heavy atom. The molecule has 0 unspecified atom stereocenters. The molecule has 1 fully saturated rings. The molecule has 1 aromatic heterocycles. The van der Waals surface area contributed by atoms with Gasteiger partial charge in [0.1, 0.15) is 11.2 Å². The van der Waals surface area contributed by atoms with Gasteiger partial charge < -0.3 is 5.32 Å². The summed E-state index contributed by atoms with van der Waals surface area (Å²) in [7, 11) is -3.38. The number of halogens is 1. The summed E-state index contributed by atoms with van der Waals surface area (Å²) in [6.07, 6.45) is 4.90. The summed E-state index contributed by atoms with van der Waals surface area (Å²) in [5.74, 6) is -0.115. The van der Waals surface area contributed by atoms with E-state index in [9.17, 15) is 13.2 Å². The second-order valence-corrected chi connectivity index (χ2v) is 7.12. The van der Waals surface area contributed by atoms with Gasteiger partial charge in [-0.25, -0.2) is 8.42 Å². The highest BCUT2D eigenvalue weighted by Crippen LogP contribution is 2.18. The van der Waals surface area contributed by atoms with Crippen LogP contribution in [0.3, 0.4) is 0 Å². The first-order chi connectivity index (χ1) is 8.48. The Bertz CT molecular complexity index is 538. The first-order valence-electron chi connectivity index (χ1n) is 5.37. The lowest BCUT2D eigenvalue weighted by molar-refractivity contribution is -0.122. The molecule has 1 aliphatic rings. The standard InChI is InChI=1S/C9H13BrN4O3S/c10-6-18(16,17)13-8-3-11-14(4-8)5-9(15)12-7-1-2-7/h3-4,7,13H,1-2,5-6H2,(H,12,15). The number of carbonyl (C=O) groups excluding carboxylic acids is 1. The van der Waals surface area contributed by atoms with Gasteiger partial charge in [0.25, 0.3) is 0 Å². The Hall–Kier alpha value is -1.09. The molecule has 100 valence electrons. The second kappa shape index (κ2) is 5.27. The summed E-state index contributed by atoms with van der Waals surface area (Å²) in [6.45, 7) is 0.0898. The van der Waals surface area contributed by atoms with E-state index in [0.717, 1.165) is 12.8 Å². The Morgan fingerprint density at radius 3 is 2.89 bits per heavy atom. The SMILES string of the molecule is O=C(Cn1cc(NS(=O)(=O)CBr)cn1)NC1CC1. The molecule has 1 saturated carbocycles. The van der Waals surface area contributed by atoms with E-state index in [4.69, 9.17) is 0 Å². The molecule has 1 heterocycles. The largest absolute Gasteiger partial charge is 0.352 e. The van der Waals surface area contributed by atoms with Crippen LogP contribution in [0.25, 0.3) is 0 Å². The molecule has 1 amide bonds. The van der Waals surface area contributed by atoms with E-state index in [1.54, 1.807) is 0 Å². The highest BCUT2D eigenvalue weighted by molar-refractivity contribution is 9.10. The summed E-state index contributed by atoms with van der Waals surface area (Å²) in [4.78, 5) is 11.5. The maximum atomic E-state index is 11.5. The van der Waals surface area contributed by atoms with E-state index in [0.29, 0.717) is 11.7 Å². The third-order valence-corrected chi connectivity index (χ3v) is 4.94. The topological polar surface area (TPSA) is 93.1 Å². The fourth-order valence-corrected chi connectivity index (χ4v) is 2.22. The van der Waals surface area contributed by atoms with Crippen LogP contribution in [0.4, 0.5) is 5.69 Å². The maximum Gasteiger partial charge on any atom is 0.242 e. The van der Waals surface area contributed by atoms with Crippen molar-refractivity contribution in [3.63, 3.8) is 0 Å². The Morgan fingerprint density at radius 2 is 2.28 bits per heavy atom. The third-order valence-electron chi connectivity index (χ3n) is 2.30. The number of nitrogens with one attached hydrogen (secondary N) is 2. The van der Waals surface area contributed by atoms with Crippen LogP contribution in [0.15, 0.2) is 12.4 Å². The Kier molecular flexibility index (Phi) is 3.91. The molecule has 0 aromatic carbocycles. The fourth-order valence-electron chi connectivity index (χ4n) is 1.36. The number of anilines is 1. The van der Waals surface area contributed by atoms with Gasteiger partial charge in [-0.3, -0.25) is 14.2 Å². The van der Waals surface area contributed by atoms with Crippen LogP contribution in [-0.2, 0) is 21.4 Å². The zero-order chi connectivity index (χ0) is 13.2. The number of sulfonamides is 1. The van der Waals surface area contributed by atoms with Gasteiger partial charge in [0.2, 0.25) is 15.9 Å². The predicted octanol–water partition coefficient (Wildman–Crippen LogP) is 0.256. The minimum absolute atomic E-state index is 0.0898. The summed E-state index contributed by atoms with van der Waals surface area (Å²) in [5, 5.41) is 6.74. The van der Waals surface area contributed by atoms with Crippen molar-refractivity contribution < 1.29 is 13.2 Å². The fraction of sp³-hybridized carbons (Fsp3) is 0.556. The van der Waals surface area contributed by atoms with Gasteiger partial charge in [-0.05, 0) is 12.8 Å². The number of amides is 1. The van der Waals surface area contributed by atoms with Crippen molar-refractivity contribution in [1.29, 1.82) is 0 Å². The van der Waals surface area contributed by atoms with Crippen molar-refractivity contribution in [3.05, 3.63) is 12.4 Å². The molecule has 1 aliphatic carbocycles. The van der Waals surface area contributed by atoms with Crippen molar-refractivity contribution in [3.8, 4) is 0 Å². The molecule has 1 aromatic rings. The van der Waals surface area contributed by atoms with Crippen LogP contribution in [0, 0.1) is 0 Å². The minimum Gasteiger partial charge on any atom is -0.352 e. The van der Waals surface area contributed by atoms with Gasteiger partial charge in [0.05, 0.1) is 11.9 Å². The Balaban J connectivity index is 1.91. The van der Waals surface area contributed by atoms with E-state index >= 15 is 0 Å². The van der Waals surface area contributed by atoms with E-state index in [1.807, 2.05) is 0 Å². The monoisotopic (exact) mass is 336 g/mol. The number of rotatable bonds is 6. The van der Waals surface area contributed by atoms with Crippen molar-refractivity contribution in [1.82, 2.24) is 15.1 Å². The number of hydrogen-bond donors (Lipinski definition) is 2. The molecule has 0 radical (unpaired) electrons. The number of carbonyl (C=O) groups is 1. The van der Waals surface area contributed by atoms with Crippen molar-refractivity contribution >= 4 is 37.5 Å². The lowest BCUT2D eigenvalue weighted by atomic mass is 10.5. The first kappa shape index (κ1) is 13.3. The summed E-state index contributed by atoms with van der Waals surface area (Å²) in [5.41, 5.74) is 0.341. The average Bonchev–Trinajstić information content (AvgIpc) is 2.99. The smallest absolute Gasteiger partial charge is 0.242 e. The van der Waals surface area contributed by atoms with Crippen molar-refractivity contribution in [2.75, 3.05) is 9.38 Å². The van der Waals surface area contributed by atoms with Crippen LogP contribution < -0.4 is 10.0 Å². The van der Waals surface area contributed by atoms with Gasteiger partial charge in [-0.2, -0.15) is 5.10 Å². The van der Waals surface area contributed by atoms with Gasteiger partial charge in [0.15, 0.2) is 0 Å². The molecular weight excluding hydrogens is 324 g/mol.